The van der Waals surface area contributed by atoms with Crippen molar-refractivity contribution in [3.8, 4) is 0 Å². The maximum Gasteiger partial charge on any atom is 0.220 e. The highest BCUT2D eigenvalue weighted by Crippen LogP contribution is 2.12. The number of rotatable bonds is 6. The van der Waals surface area contributed by atoms with E-state index < -0.39 is 0 Å². The Morgan fingerprint density at radius 3 is 2.85 bits per heavy atom. The molecule has 2 rings (SSSR count). The molecule has 0 atom stereocenters. The van der Waals surface area contributed by atoms with E-state index in [-0.39, 0.29) is 5.91 Å². The van der Waals surface area contributed by atoms with Crippen LogP contribution in [0.2, 0.25) is 0 Å². The van der Waals surface area contributed by atoms with Crippen LogP contribution in [0.25, 0.3) is 0 Å². The number of carbonyl (C=O) groups excluding carboxylic acids is 1. The standard InChI is InChI=1S/C16H20N2OS/c1-12-4-3-5-14(10-12)6-7-16(19)17-9-8-15-13(2)18-11-20-15/h3-5,10-11H,6-9H2,1-2H3,(H,17,19). The third-order valence-corrected chi connectivity index (χ3v) is 4.24. The Morgan fingerprint density at radius 1 is 1.30 bits per heavy atom. The predicted octanol–water partition coefficient (Wildman–Crippen LogP) is 3.05. The van der Waals surface area contributed by atoms with E-state index in [0.717, 1.165) is 18.5 Å². The molecule has 1 amide bonds. The lowest BCUT2D eigenvalue weighted by Crippen LogP contribution is -2.25. The van der Waals surface area contributed by atoms with Crippen molar-refractivity contribution in [1.29, 1.82) is 0 Å². The zero-order valence-electron chi connectivity index (χ0n) is 12.0. The van der Waals surface area contributed by atoms with Crippen LogP contribution in [0.4, 0.5) is 0 Å². The number of hydrogen-bond acceptors (Lipinski definition) is 3. The molecule has 20 heavy (non-hydrogen) atoms. The molecular weight excluding hydrogens is 268 g/mol. The Bertz CT molecular complexity index is 577. The first-order valence-corrected chi connectivity index (χ1v) is 7.74. The lowest BCUT2D eigenvalue weighted by Gasteiger charge is -2.05. The molecule has 0 aliphatic rings. The topological polar surface area (TPSA) is 42.0 Å². The van der Waals surface area contributed by atoms with Gasteiger partial charge in [-0.2, -0.15) is 0 Å². The number of benzene rings is 1. The number of hydrogen-bond donors (Lipinski definition) is 1. The summed E-state index contributed by atoms with van der Waals surface area (Å²) in [6, 6.07) is 8.31. The fraction of sp³-hybridized carbons (Fsp3) is 0.375. The van der Waals surface area contributed by atoms with Gasteiger partial charge in [-0.25, -0.2) is 4.98 Å². The Morgan fingerprint density at radius 2 is 2.15 bits per heavy atom. The van der Waals surface area contributed by atoms with Crippen LogP contribution in [0.5, 0.6) is 0 Å². The van der Waals surface area contributed by atoms with E-state index in [1.807, 2.05) is 18.5 Å². The number of amides is 1. The molecule has 0 saturated heterocycles. The number of thiazole rings is 1. The van der Waals surface area contributed by atoms with Crippen molar-refractivity contribution in [2.45, 2.75) is 33.1 Å². The van der Waals surface area contributed by atoms with Crippen LogP contribution in [0.15, 0.2) is 29.8 Å². The molecule has 0 fully saturated rings. The fourth-order valence-corrected chi connectivity index (χ4v) is 2.88. The van der Waals surface area contributed by atoms with Crippen LogP contribution in [-0.2, 0) is 17.6 Å². The van der Waals surface area contributed by atoms with E-state index in [2.05, 4.69) is 35.4 Å². The molecular formula is C16H20N2OS. The predicted molar refractivity (Wildman–Crippen MR) is 83.1 cm³/mol. The highest BCUT2D eigenvalue weighted by molar-refractivity contribution is 7.09. The molecule has 2 aromatic rings. The molecule has 106 valence electrons. The van der Waals surface area contributed by atoms with Crippen molar-refractivity contribution in [3.05, 3.63) is 51.5 Å². The van der Waals surface area contributed by atoms with Crippen molar-refractivity contribution >= 4 is 17.2 Å². The summed E-state index contributed by atoms with van der Waals surface area (Å²) in [5.74, 6) is 0.119. The van der Waals surface area contributed by atoms with Crippen molar-refractivity contribution < 1.29 is 4.79 Å². The average molecular weight is 288 g/mol. The minimum Gasteiger partial charge on any atom is -0.356 e. The average Bonchev–Trinajstić information content (AvgIpc) is 2.82. The van der Waals surface area contributed by atoms with Gasteiger partial charge >= 0.3 is 0 Å². The zero-order valence-corrected chi connectivity index (χ0v) is 12.8. The van der Waals surface area contributed by atoms with Crippen molar-refractivity contribution in [1.82, 2.24) is 10.3 Å². The number of aromatic nitrogens is 1. The number of carbonyl (C=O) groups is 1. The van der Waals surface area contributed by atoms with Gasteiger partial charge < -0.3 is 5.32 Å². The quantitative estimate of drug-likeness (QED) is 0.887. The molecule has 0 saturated carbocycles. The van der Waals surface area contributed by atoms with Gasteiger partial charge in [-0.3, -0.25) is 4.79 Å². The molecule has 3 nitrogen and oxygen atoms in total. The Hall–Kier alpha value is -1.68. The van der Waals surface area contributed by atoms with E-state index in [4.69, 9.17) is 0 Å². The summed E-state index contributed by atoms with van der Waals surface area (Å²) < 4.78 is 0. The van der Waals surface area contributed by atoms with Crippen LogP contribution in [0.1, 0.15) is 28.1 Å². The van der Waals surface area contributed by atoms with E-state index >= 15 is 0 Å². The third kappa shape index (κ3) is 4.46. The number of nitrogens with one attached hydrogen (secondary N) is 1. The Kier molecular flexibility index (Phi) is 5.30. The maximum atomic E-state index is 11.8. The highest BCUT2D eigenvalue weighted by atomic mass is 32.1. The summed E-state index contributed by atoms with van der Waals surface area (Å²) in [5, 5.41) is 2.97. The van der Waals surface area contributed by atoms with Crippen LogP contribution in [-0.4, -0.2) is 17.4 Å². The first-order chi connectivity index (χ1) is 9.65. The van der Waals surface area contributed by atoms with Crippen molar-refractivity contribution in [2.75, 3.05) is 6.54 Å². The number of nitrogens with zero attached hydrogens (tertiary/aromatic N) is 1. The zero-order chi connectivity index (χ0) is 14.4. The Balaban J connectivity index is 1.69. The lowest BCUT2D eigenvalue weighted by molar-refractivity contribution is -0.121. The summed E-state index contributed by atoms with van der Waals surface area (Å²) in [6.07, 6.45) is 2.21. The smallest absolute Gasteiger partial charge is 0.220 e. The monoisotopic (exact) mass is 288 g/mol. The highest BCUT2D eigenvalue weighted by Gasteiger charge is 2.04. The first kappa shape index (κ1) is 14.7. The summed E-state index contributed by atoms with van der Waals surface area (Å²) >= 11 is 1.65. The molecule has 1 heterocycles. The van der Waals surface area contributed by atoms with Gasteiger partial charge in [-0.1, -0.05) is 29.8 Å². The summed E-state index contributed by atoms with van der Waals surface area (Å²) in [6.45, 7) is 4.77. The molecule has 0 aliphatic carbocycles. The van der Waals surface area contributed by atoms with Crippen LogP contribution in [0, 0.1) is 13.8 Å². The molecule has 0 radical (unpaired) electrons. The first-order valence-electron chi connectivity index (χ1n) is 6.86. The summed E-state index contributed by atoms with van der Waals surface area (Å²) in [4.78, 5) is 17.2. The molecule has 0 bridgehead atoms. The molecule has 0 spiro atoms. The van der Waals surface area contributed by atoms with Crippen molar-refractivity contribution in [2.24, 2.45) is 0 Å². The van der Waals surface area contributed by atoms with Crippen LogP contribution >= 0.6 is 11.3 Å². The molecule has 1 aromatic carbocycles. The second-order valence-corrected chi connectivity index (χ2v) is 5.89. The van der Waals surface area contributed by atoms with Crippen LogP contribution < -0.4 is 5.32 Å². The van der Waals surface area contributed by atoms with E-state index in [9.17, 15) is 4.79 Å². The normalized spacial score (nSPS) is 10.5. The second-order valence-electron chi connectivity index (χ2n) is 4.95. The van der Waals surface area contributed by atoms with E-state index in [1.54, 1.807) is 11.3 Å². The summed E-state index contributed by atoms with van der Waals surface area (Å²) in [5.41, 5.74) is 5.38. The van der Waals surface area contributed by atoms with Gasteiger partial charge in [-0.15, -0.1) is 11.3 Å². The second kappa shape index (κ2) is 7.20. The molecule has 0 unspecified atom stereocenters. The molecule has 0 aliphatic heterocycles. The molecule has 1 N–H and O–H groups in total. The fourth-order valence-electron chi connectivity index (χ4n) is 2.10. The molecule has 4 heteroatoms. The lowest BCUT2D eigenvalue weighted by atomic mass is 10.1. The summed E-state index contributed by atoms with van der Waals surface area (Å²) in [7, 11) is 0. The third-order valence-electron chi connectivity index (χ3n) is 3.24. The minimum absolute atomic E-state index is 0.119. The van der Waals surface area contributed by atoms with Gasteiger partial charge in [0.05, 0.1) is 11.2 Å². The van der Waals surface area contributed by atoms with Gasteiger partial charge in [0.25, 0.3) is 0 Å². The Labute approximate surface area is 124 Å². The van der Waals surface area contributed by atoms with Gasteiger partial charge in [0, 0.05) is 24.3 Å². The largest absolute Gasteiger partial charge is 0.356 e. The van der Waals surface area contributed by atoms with Crippen molar-refractivity contribution in [3.63, 3.8) is 0 Å². The van der Waals surface area contributed by atoms with E-state index in [1.165, 1.54) is 16.0 Å². The SMILES string of the molecule is Cc1cccc(CCC(=O)NCCc2scnc2C)c1. The van der Waals surface area contributed by atoms with E-state index in [0.29, 0.717) is 13.0 Å². The maximum absolute atomic E-state index is 11.8. The van der Waals surface area contributed by atoms with Gasteiger partial charge in [-0.05, 0) is 25.8 Å². The minimum atomic E-state index is 0.119. The number of aryl methyl sites for hydroxylation is 3. The molecule has 1 aromatic heterocycles. The van der Waals surface area contributed by atoms with Gasteiger partial charge in [0.2, 0.25) is 5.91 Å². The van der Waals surface area contributed by atoms with Gasteiger partial charge in [0.1, 0.15) is 0 Å². The van der Waals surface area contributed by atoms with Crippen LogP contribution in [0.3, 0.4) is 0 Å². The van der Waals surface area contributed by atoms with Gasteiger partial charge in [0.15, 0.2) is 0 Å².